The smallest absolute Gasteiger partial charge is 0.261 e. The number of nitriles is 1. The van der Waals surface area contributed by atoms with Crippen LogP contribution >= 0.6 is 23.2 Å². The fourth-order valence-electron chi connectivity index (χ4n) is 1.26. The van der Waals surface area contributed by atoms with Gasteiger partial charge in [0.15, 0.2) is 0 Å². The largest absolute Gasteiger partial charge is 0.351 e. The number of nitrogens with zero attached hydrogens (tertiary/aromatic N) is 1. The lowest BCUT2D eigenvalue weighted by molar-refractivity contribution is -0.117. The Labute approximate surface area is 116 Å². The van der Waals surface area contributed by atoms with E-state index in [-0.39, 0.29) is 5.57 Å². The third-order valence-electron chi connectivity index (χ3n) is 2.16. The topological polar surface area (TPSA) is 52.9 Å². The quantitative estimate of drug-likeness (QED) is 0.680. The minimum Gasteiger partial charge on any atom is -0.351 e. The average molecular weight is 283 g/mol. The molecule has 0 spiro atoms. The lowest BCUT2D eigenvalue weighted by Crippen LogP contribution is -2.25. The van der Waals surface area contributed by atoms with Gasteiger partial charge in [0, 0.05) is 16.6 Å². The van der Waals surface area contributed by atoms with Crippen LogP contribution in [0.4, 0.5) is 0 Å². The average Bonchev–Trinajstić information content (AvgIpc) is 2.35. The summed E-state index contributed by atoms with van der Waals surface area (Å²) in [7, 11) is 0. The highest BCUT2D eigenvalue weighted by molar-refractivity contribution is 6.35. The summed E-state index contributed by atoms with van der Waals surface area (Å²) in [6.07, 6.45) is 2.26. The Kier molecular flexibility index (Phi) is 5.70. The highest BCUT2D eigenvalue weighted by atomic mass is 35.5. The van der Waals surface area contributed by atoms with Crippen molar-refractivity contribution in [1.29, 1.82) is 5.26 Å². The van der Waals surface area contributed by atoms with Gasteiger partial charge in [-0.3, -0.25) is 4.79 Å². The molecule has 1 rings (SSSR count). The van der Waals surface area contributed by atoms with Crippen molar-refractivity contribution >= 4 is 35.2 Å². The summed E-state index contributed by atoms with van der Waals surface area (Å²) in [4.78, 5) is 11.6. The van der Waals surface area contributed by atoms with Crippen LogP contribution in [0.25, 0.3) is 6.08 Å². The van der Waals surface area contributed by atoms with Gasteiger partial charge in [-0.15, -0.1) is 0 Å². The zero-order valence-corrected chi connectivity index (χ0v) is 11.3. The van der Waals surface area contributed by atoms with Crippen molar-refractivity contribution < 1.29 is 4.79 Å². The van der Waals surface area contributed by atoms with Crippen molar-refractivity contribution in [2.75, 3.05) is 6.54 Å². The molecule has 1 aromatic rings. The van der Waals surface area contributed by atoms with Crippen LogP contribution in [0.5, 0.6) is 0 Å². The SMILES string of the molecule is CCCNC(=O)/C(C#N)=C\c1ccc(Cl)cc1Cl. The van der Waals surface area contributed by atoms with Crippen LogP contribution < -0.4 is 5.32 Å². The van der Waals surface area contributed by atoms with E-state index in [0.29, 0.717) is 22.2 Å². The van der Waals surface area contributed by atoms with Crippen molar-refractivity contribution in [1.82, 2.24) is 5.32 Å². The van der Waals surface area contributed by atoms with Crippen LogP contribution in [0.2, 0.25) is 10.0 Å². The van der Waals surface area contributed by atoms with Gasteiger partial charge in [-0.05, 0) is 30.2 Å². The van der Waals surface area contributed by atoms with Gasteiger partial charge in [-0.25, -0.2) is 0 Å². The second-order valence-corrected chi connectivity index (χ2v) is 4.44. The predicted molar refractivity (Wildman–Crippen MR) is 73.4 cm³/mol. The molecule has 0 atom stereocenters. The molecule has 1 N–H and O–H groups in total. The highest BCUT2D eigenvalue weighted by Crippen LogP contribution is 2.23. The molecule has 5 heteroatoms. The Morgan fingerprint density at radius 1 is 1.50 bits per heavy atom. The number of hydrogen-bond acceptors (Lipinski definition) is 2. The summed E-state index contributed by atoms with van der Waals surface area (Å²) in [5.74, 6) is -0.398. The number of carbonyl (C=O) groups is 1. The summed E-state index contributed by atoms with van der Waals surface area (Å²) in [6, 6.07) is 6.73. The molecule has 0 bridgehead atoms. The minimum absolute atomic E-state index is 0.0210. The van der Waals surface area contributed by atoms with E-state index in [1.54, 1.807) is 18.2 Å². The van der Waals surface area contributed by atoms with E-state index in [2.05, 4.69) is 5.32 Å². The Bertz CT molecular complexity index is 518. The first-order valence-electron chi connectivity index (χ1n) is 5.43. The first kappa shape index (κ1) is 14.6. The fourth-order valence-corrected chi connectivity index (χ4v) is 1.72. The minimum atomic E-state index is -0.398. The summed E-state index contributed by atoms with van der Waals surface area (Å²) in [5.41, 5.74) is 0.608. The van der Waals surface area contributed by atoms with Gasteiger partial charge < -0.3 is 5.32 Å². The first-order chi connectivity index (χ1) is 8.58. The molecule has 0 aromatic heterocycles. The molecule has 0 aliphatic heterocycles. The van der Waals surface area contributed by atoms with Crippen molar-refractivity contribution in [2.24, 2.45) is 0 Å². The van der Waals surface area contributed by atoms with E-state index >= 15 is 0 Å². The Morgan fingerprint density at radius 2 is 2.22 bits per heavy atom. The number of rotatable bonds is 4. The molecule has 0 unspecified atom stereocenters. The van der Waals surface area contributed by atoms with E-state index in [9.17, 15) is 4.79 Å². The van der Waals surface area contributed by atoms with E-state index in [1.807, 2.05) is 13.0 Å². The second kappa shape index (κ2) is 7.05. The normalized spacial score (nSPS) is 10.9. The van der Waals surface area contributed by atoms with Gasteiger partial charge in [-0.2, -0.15) is 5.26 Å². The second-order valence-electron chi connectivity index (χ2n) is 3.59. The van der Waals surface area contributed by atoms with Gasteiger partial charge in [0.05, 0.1) is 0 Å². The van der Waals surface area contributed by atoms with E-state index < -0.39 is 5.91 Å². The maximum absolute atomic E-state index is 11.6. The molecule has 1 amide bonds. The zero-order chi connectivity index (χ0) is 13.5. The molecule has 1 aromatic carbocycles. The molecule has 0 radical (unpaired) electrons. The zero-order valence-electron chi connectivity index (χ0n) is 9.84. The van der Waals surface area contributed by atoms with Crippen LogP contribution in [0.3, 0.4) is 0 Å². The number of hydrogen-bond donors (Lipinski definition) is 1. The number of benzene rings is 1. The lowest BCUT2D eigenvalue weighted by Gasteiger charge is -2.03. The Hall–Kier alpha value is -1.50. The number of amides is 1. The van der Waals surface area contributed by atoms with Crippen molar-refractivity contribution in [3.05, 3.63) is 39.4 Å². The fraction of sp³-hybridized carbons (Fsp3) is 0.231. The molecule has 0 fully saturated rings. The summed E-state index contributed by atoms with van der Waals surface area (Å²) >= 11 is 11.7. The molecular weight excluding hydrogens is 271 g/mol. The lowest BCUT2D eigenvalue weighted by atomic mass is 10.1. The molecule has 0 heterocycles. The molecular formula is C13H12Cl2N2O. The molecule has 0 saturated heterocycles. The monoisotopic (exact) mass is 282 g/mol. The molecule has 0 aliphatic carbocycles. The standard InChI is InChI=1S/C13H12Cl2N2O/c1-2-5-17-13(18)10(8-16)6-9-3-4-11(14)7-12(9)15/h3-4,6-7H,2,5H2,1H3,(H,17,18)/b10-6-. The van der Waals surface area contributed by atoms with Crippen LogP contribution in [-0.2, 0) is 4.79 Å². The van der Waals surface area contributed by atoms with Gasteiger partial charge in [0.1, 0.15) is 11.6 Å². The molecule has 0 aliphatic rings. The predicted octanol–water partition coefficient (Wildman–Crippen LogP) is 3.43. The van der Waals surface area contributed by atoms with Crippen LogP contribution in [0.1, 0.15) is 18.9 Å². The number of carbonyl (C=O) groups excluding carboxylic acids is 1. The summed E-state index contributed by atoms with van der Waals surface area (Å²) < 4.78 is 0. The molecule has 3 nitrogen and oxygen atoms in total. The summed E-state index contributed by atoms with van der Waals surface area (Å²) in [5, 5.41) is 12.5. The molecule has 94 valence electrons. The van der Waals surface area contributed by atoms with Crippen molar-refractivity contribution in [3.63, 3.8) is 0 Å². The molecule has 18 heavy (non-hydrogen) atoms. The maximum atomic E-state index is 11.6. The van der Waals surface area contributed by atoms with Gasteiger partial charge in [0.25, 0.3) is 5.91 Å². The summed E-state index contributed by atoms with van der Waals surface area (Å²) in [6.45, 7) is 2.47. The van der Waals surface area contributed by atoms with Gasteiger partial charge in [-0.1, -0.05) is 36.2 Å². The van der Waals surface area contributed by atoms with Crippen molar-refractivity contribution in [2.45, 2.75) is 13.3 Å². The third kappa shape index (κ3) is 4.06. The van der Waals surface area contributed by atoms with Crippen LogP contribution in [0.15, 0.2) is 23.8 Å². The van der Waals surface area contributed by atoms with Gasteiger partial charge in [0.2, 0.25) is 0 Å². The number of halogens is 2. The van der Waals surface area contributed by atoms with Crippen molar-refractivity contribution in [3.8, 4) is 6.07 Å². The van der Waals surface area contributed by atoms with Crippen LogP contribution in [-0.4, -0.2) is 12.5 Å². The van der Waals surface area contributed by atoms with E-state index in [4.69, 9.17) is 28.5 Å². The maximum Gasteiger partial charge on any atom is 0.261 e. The first-order valence-corrected chi connectivity index (χ1v) is 6.19. The van der Waals surface area contributed by atoms with Crippen LogP contribution in [0, 0.1) is 11.3 Å². The molecule has 0 saturated carbocycles. The number of nitrogens with one attached hydrogen (secondary N) is 1. The van der Waals surface area contributed by atoms with E-state index in [1.165, 1.54) is 6.08 Å². The third-order valence-corrected chi connectivity index (χ3v) is 2.73. The van der Waals surface area contributed by atoms with Gasteiger partial charge >= 0.3 is 0 Å². The Balaban J connectivity index is 2.97. The highest BCUT2D eigenvalue weighted by Gasteiger charge is 2.09. The van der Waals surface area contributed by atoms with E-state index in [0.717, 1.165) is 6.42 Å². The Morgan fingerprint density at radius 3 is 2.78 bits per heavy atom.